The number of carbonyl (C=O) groups is 1. The highest BCUT2D eigenvalue weighted by atomic mass is 32.1. The van der Waals surface area contributed by atoms with E-state index in [1.165, 1.54) is 11.3 Å². The first-order valence-corrected chi connectivity index (χ1v) is 10.6. The van der Waals surface area contributed by atoms with Crippen molar-refractivity contribution < 1.29 is 13.9 Å². The minimum absolute atomic E-state index is 0.0985. The Morgan fingerprint density at radius 3 is 2.84 bits per heavy atom. The summed E-state index contributed by atoms with van der Waals surface area (Å²) < 4.78 is 13.3. The van der Waals surface area contributed by atoms with Crippen LogP contribution in [0.2, 0.25) is 0 Å². The van der Waals surface area contributed by atoms with Crippen LogP contribution in [0, 0.1) is 13.8 Å². The van der Waals surface area contributed by atoms with E-state index in [0.717, 1.165) is 33.3 Å². The first-order chi connectivity index (χ1) is 15.0. The van der Waals surface area contributed by atoms with Gasteiger partial charge in [-0.15, -0.1) is 0 Å². The Hall–Kier alpha value is -3.71. The number of imidazole rings is 1. The number of hydrogen-bond acceptors (Lipinski definition) is 6. The predicted molar refractivity (Wildman–Crippen MR) is 118 cm³/mol. The van der Waals surface area contributed by atoms with Crippen molar-refractivity contribution in [3.8, 4) is 11.3 Å². The van der Waals surface area contributed by atoms with Crippen LogP contribution in [0.15, 0.2) is 51.7 Å². The van der Waals surface area contributed by atoms with Crippen LogP contribution in [0.1, 0.15) is 32.8 Å². The van der Waals surface area contributed by atoms with Crippen LogP contribution in [-0.4, -0.2) is 15.4 Å². The number of aromatic nitrogens is 2. The number of thiazole rings is 1. The Morgan fingerprint density at radius 1 is 1.10 bits per heavy atom. The molecule has 0 amide bonds. The Balaban J connectivity index is 1.43. The summed E-state index contributed by atoms with van der Waals surface area (Å²) in [6.45, 7) is 4.31. The number of cyclic esters (lactones) is 1. The highest BCUT2D eigenvalue weighted by Crippen LogP contribution is 2.28. The third-order valence-corrected chi connectivity index (χ3v) is 6.52. The van der Waals surface area contributed by atoms with Gasteiger partial charge in [-0.05, 0) is 55.3 Å². The average molecular weight is 428 g/mol. The van der Waals surface area contributed by atoms with Crippen LogP contribution in [0.4, 0.5) is 0 Å². The molecule has 0 radical (unpaired) electrons. The zero-order valence-electron chi connectivity index (χ0n) is 16.8. The summed E-state index contributed by atoms with van der Waals surface area (Å²) >= 11 is 1.35. The smallest absolute Gasteiger partial charge is 0.338 e. The molecule has 1 aliphatic rings. The van der Waals surface area contributed by atoms with Crippen LogP contribution in [0.25, 0.3) is 33.4 Å². The van der Waals surface area contributed by atoms with Crippen molar-refractivity contribution in [3.05, 3.63) is 85.4 Å². The third kappa shape index (κ3) is 2.74. The molecule has 0 atom stereocenters. The number of nitrogens with zero attached hydrogens (tertiary/aromatic N) is 2. The molecule has 0 fully saturated rings. The van der Waals surface area contributed by atoms with Gasteiger partial charge in [0.15, 0.2) is 4.96 Å². The molecule has 0 bridgehead atoms. The van der Waals surface area contributed by atoms with Crippen molar-refractivity contribution >= 4 is 39.4 Å². The SMILES string of the molecule is Cc1cc(C)c2nc3s/c(=C/c4ccc(-c5ccc6c(c5)COC6=O)o4)c(=O)n3c2c1. The van der Waals surface area contributed by atoms with E-state index in [-0.39, 0.29) is 18.1 Å². The van der Waals surface area contributed by atoms with E-state index in [9.17, 15) is 9.59 Å². The van der Waals surface area contributed by atoms with Gasteiger partial charge in [0.05, 0.1) is 16.6 Å². The van der Waals surface area contributed by atoms with E-state index >= 15 is 0 Å². The highest BCUT2D eigenvalue weighted by Gasteiger charge is 2.21. The van der Waals surface area contributed by atoms with E-state index in [2.05, 4.69) is 11.1 Å². The largest absolute Gasteiger partial charge is 0.457 e. The summed E-state index contributed by atoms with van der Waals surface area (Å²) in [7, 11) is 0. The molecule has 1 aliphatic heterocycles. The second kappa shape index (κ2) is 6.39. The first-order valence-electron chi connectivity index (χ1n) is 9.82. The summed E-state index contributed by atoms with van der Waals surface area (Å²) in [5, 5.41) is 0. The molecule has 0 N–H and O–H groups in total. The van der Waals surface area contributed by atoms with E-state index in [4.69, 9.17) is 9.15 Å². The van der Waals surface area contributed by atoms with Gasteiger partial charge in [0, 0.05) is 17.2 Å². The fourth-order valence-electron chi connectivity index (χ4n) is 4.11. The minimum atomic E-state index is -0.293. The lowest BCUT2D eigenvalue weighted by Gasteiger charge is -1.99. The molecule has 4 heterocycles. The summed E-state index contributed by atoms with van der Waals surface area (Å²) in [5.74, 6) is 0.957. The fraction of sp³-hybridized carbons (Fsp3) is 0.125. The number of aryl methyl sites for hydroxylation is 2. The number of hydrogen-bond donors (Lipinski definition) is 0. The van der Waals surface area contributed by atoms with Crippen molar-refractivity contribution in [2.45, 2.75) is 20.5 Å². The molecule has 5 aromatic rings. The number of fused-ring (bicyclic) bond motifs is 4. The molecule has 2 aromatic carbocycles. The van der Waals surface area contributed by atoms with E-state index in [1.54, 1.807) is 16.5 Å². The van der Waals surface area contributed by atoms with Gasteiger partial charge in [0.25, 0.3) is 5.56 Å². The highest BCUT2D eigenvalue weighted by molar-refractivity contribution is 7.15. The van der Waals surface area contributed by atoms with Gasteiger partial charge in [0.1, 0.15) is 22.7 Å². The Labute approximate surface area is 180 Å². The normalized spacial score (nSPS) is 14.0. The van der Waals surface area contributed by atoms with Crippen molar-refractivity contribution in [1.82, 2.24) is 9.38 Å². The van der Waals surface area contributed by atoms with Gasteiger partial charge in [-0.1, -0.05) is 23.5 Å². The summed E-state index contributed by atoms with van der Waals surface area (Å²) in [6, 6.07) is 13.2. The fourth-order valence-corrected chi connectivity index (χ4v) is 5.07. The van der Waals surface area contributed by atoms with Gasteiger partial charge in [-0.25, -0.2) is 14.2 Å². The van der Waals surface area contributed by atoms with E-state index in [0.29, 0.717) is 26.6 Å². The maximum atomic E-state index is 13.1. The molecule has 6 rings (SSSR count). The molecule has 0 spiro atoms. The molecule has 0 saturated heterocycles. The maximum Gasteiger partial charge on any atom is 0.338 e. The van der Waals surface area contributed by atoms with Crippen molar-refractivity contribution in [2.75, 3.05) is 0 Å². The molecule has 0 aliphatic carbocycles. The van der Waals surface area contributed by atoms with Crippen LogP contribution >= 0.6 is 11.3 Å². The maximum absolute atomic E-state index is 13.1. The average Bonchev–Trinajstić information content (AvgIpc) is 3.49. The van der Waals surface area contributed by atoms with Crippen LogP contribution in [-0.2, 0) is 11.3 Å². The van der Waals surface area contributed by atoms with Crippen molar-refractivity contribution in [3.63, 3.8) is 0 Å². The Morgan fingerprint density at radius 2 is 1.97 bits per heavy atom. The van der Waals surface area contributed by atoms with Gasteiger partial charge in [0.2, 0.25) is 0 Å². The van der Waals surface area contributed by atoms with Gasteiger partial charge in [-0.2, -0.15) is 0 Å². The van der Waals surface area contributed by atoms with Gasteiger partial charge < -0.3 is 9.15 Å². The van der Waals surface area contributed by atoms with Crippen LogP contribution in [0.5, 0.6) is 0 Å². The summed E-state index contributed by atoms with van der Waals surface area (Å²) in [5.41, 5.74) is 6.06. The topological polar surface area (TPSA) is 73.8 Å². The van der Waals surface area contributed by atoms with Crippen molar-refractivity contribution in [2.24, 2.45) is 0 Å². The molecule has 31 heavy (non-hydrogen) atoms. The lowest BCUT2D eigenvalue weighted by molar-refractivity contribution is 0.0535. The second-order valence-corrected chi connectivity index (χ2v) is 8.75. The summed E-state index contributed by atoms with van der Waals surface area (Å²) in [4.78, 5) is 30.1. The number of carbonyl (C=O) groups excluding carboxylic acids is 1. The van der Waals surface area contributed by atoms with E-state index < -0.39 is 0 Å². The molecular formula is C24H16N2O4S. The van der Waals surface area contributed by atoms with E-state index in [1.807, 2.05) is 44.2 Å². The zero-order chi connectivity index (χ0) is 21.3. The number of furan rings is 1. The number of benzene rings is 2. The Kier molecular flexibility index (Phi) is 3.73. The van der Waals surface area contributed by atoms with Crippen LogP contribution < -0.4 is 10.1 Å². The molecule has 3 aromatic heterocycles. The molecule has 0 unspecified atom stereocenters. The second-order valence-electron chi connectivity index (χ2n) is 7.75. The number of ether oxygens (including phenoxy) is 1. The van der Waals surface area contributed by atoms with Gasteiger partial charge >= 0.3 is 5.97 Å². The molecular weight excluding hydrogens is 412 g/mol. The first kappa shape index (κ1) is 18.1. The lowest BCUT2D eigenvalue weighted by Crippen LogP contribution is -2.22. The summed E-state index contributed by atoms with van der Waals surface area (Å²) in [6.07, 6.45) is 1.75. The zero-order valence-corrected chi connectivity index (χ0v) is 17.6. The monoisotopic (exact) mass is 428 g/mol. The number of esters is 1. The van der Waals surface area contributed by atoms with Crippen molar-refractivity contribution in [1.29, 1.82) is 0 Å². The Bertz CT molecular complexity index is 1650. The predicted octanol–water partition coefficient (Wildman–Crippen LogP) is 4.00. The number of rotatable bonds is 2. The molecule has 0 saturated carbocycles. The van der Waals surface area contributed by atoms with Gasteiger partial charge in [-0.3, -0.25) is 4.79 Å². The standard InChI is InChI=1S/C24H16N2O4S/c1-12-7-13(2)21-18(8-12)26-22(27)20(31-24(26)25-21)10-16-4-6-19(30-16)14-3-5-17-15(9-14)11-29-23(17)28/h3-10H,11H2,1-2H3/b20-10+. The molecule has 6 nitrogen and oxygen atoms in total. The lowest BCUT2D eigenvalue weighted by atomic mass is 10.0. The minimum Gasteiger partial charge on any atom is -0.457 e. The quantitative estimate of drug-likeness (QED) is 0.397. The third-order valence-electron chi connectivity index (χ3n) is 5.55. The van der Waals surface area contributed by atoms with Crippen LogP contribution in [0.3, 0.4) is 0 Å². The molecule has 152 valence electrons. The molecule has 7 heteroatoms.